The van der Waals surface area contributed by atoms with Crippen molar-refractivity contribution in [3.8, 4) is 0 Å². The Morgan fingerprint density at radius 3 is 2.33 bits per heavy atom. The van der Waals surface area contributed by atoms with Crippen LogP contribution in [-0.4, -0.2) is 13.1 Å². The lowest BCUT2D eigenvalue weighted by Crippen LogP contribution is -2.23. The summed E-state index contributed by atoms with van der Waals surface area (Å²) in [5.41, 5.74) is 1.40. The van der Waals surface area contributed by atoms with Crippen LogP contribution < -0.4 is 5.32 Å². The lowest BCUT2D eigenvalue weighted by atomic mass is 10.1. The van der Waals surface area contributed by atoms with Gasteiger partial charge in [0.2, 0.25) is 0 Å². The van der Waals surface area contributed by atoms with E-state index in [9.17, 15) is 0 Å². The van der Waals surface area contributed by atoms with Crippen LogP contribution in [0, 0.1) is 0 Å². The highest BCUT2D eigenvalue weighted by Crippen LogP contribution is 2.01. The first-order valence-corrected chi connectivity index (χ1v) is 4.04. The van der Waals surface area contributed by atoms with Crippen molar-refractivity contribution in [2.45, 2.75) is 19.4 Å². The summed E-state index contributed by atoms with van der Waals surface area (Å²) in [7, 11) is 1.99. The van der Waals surface area contributed by atoms with E-state index in [2.05, 4.69) is 36.5 Å². The summed E-state index contributed by atoms with van der Waals surface area (Å²) in [5, 5.41) is 3.21. The molecule has 1 nitrogen and oxygen atoms in total. The van der Waals surface area contributed by atoms with Gasteiger partial charge in [-0.05, 0) is 26.0 Å². The maximum atomic E-state index is 3.21. The Labute approximate surface area is 80.6 Å². The van der Waals surface area contributed by atoms with Gasteiger partial charge in [0.15, 0.2) is 0 Å². The van der Waals surface area contributed by atoms with Gasteiger partial charge in [-0.15, -0.1) is 12.4 Å². The van der Waals surface area contributed by atoms with E-state index >= 15 is 0 Å². The number of rotatable bonds is 3. The second kappa shape index (κ2) is 6.04. The van der Waals surface area contributed by atoms with Gasteiger partial charge in [0.05, 0.1) is 0 Å². The molecule has 68 valence electrons. The molecule has 1 N–H and O–H groups in total. The van der Waals surface area contributed by atoms with E-state index in [1.54, 1.807) is 0 Å². The van der Waals surface area contributed by atoms with Gasteiger partial charge in [0, 0.05) is 6.04 Å². The smallest absolute Gasteiger partial charge is 0.00761 e. The Hall–Kier alpha value is -0.530. The minimum atomic E-state index is 0. The van der Waals surface area contributed by atoms with Crippen molar-refractivity contribution in [3.63, 3.8) is 0 Å². The van der Waals surface area contributed by atoms with Crippen molar-refractivity contribution in [2.75, 3.05) is 7.05 Å². The third-order valence-corrected chi connectivity index (χ3v) is 1.88. The second-order valence-corrected chi connectivity index (χ2v) is 2.88. The Balaban J connectivity index is 0.00000121. The van der Waals surface area contributed by atoms with Crippen molar-refractivity contribution in [1.82, 2.24) is 5.32 Å². The van der Waals surface area contributed by atoms with E-state index in [4.69, 9.17) is 0 Å². The van der Waals surface area contributed by atoms with Crippen molar-refractivity contribution in [3.05, 3.63) is 35.9 Å². The molecule has 0 radical (unpaired) electrons. The number of benzene rings is 1. The predicted molar refractivity (Wildman–Crippen MR) is 55.9 cm³/mol. The van der Waals surface area contributed by atoms with E-state index in [1.807, 2.05) is 13.1 Å². The molecule has 0 bridgehead atoms. The van der Waals surface area contributed by atoms with Crippen LogP contribution in [0.2, 0.25) is 0 Å². The highest BCUT2D eigenvalue weighted by Gasteiger charge is 1.97. The first kappa shape index (κ1) is 11.5. The summed E-state index contributed by atoms with van der Waals surface area (Å²) < 4.78 is 0. The van der Waals surface area contributed by atoms with Crippen LogP contribution >= 0.6 is 12.4 Å². The van der Waals surface area contributed by atoms with Gasteiger partial charge in [-0.1, -0.05) is 30.3 Å². The predicted octanol–water partition coefficient (Wildman–Crippen LogP) is 2.26. The first-order chi connectivity index (χ1) is 5.33. The maximum absolute atomic E-state index is 3.21. The lowest BCUT2D eigenvalue weighted by Gasteiger charge is -2.08. The SMILES string of the molecule is CN[C@@H](C)Cc1ccccc1.Cl. The second-order valence-electron chi connectivity index (χ2n) is 2.88. The largest absolute Gasteiger partial charge is 0.317 e. The average Bonchev–Trinajstić information content (AvgIpc) is 2.06. The molecule has 0 spiro atoms. The number of nitrogens with one attached hydrogen (secondary N) is 1. The van der Waals surface area contributed by atoms with E-state index < -0.39 is 0 Å². The van der Waals surface area contributed by atoms with Crippen molar-refractivity contribution >= 4 is 12.4 Å². The Bertz CT molecular complexity index is 198. The van der Waals surface area contributed by atoms with Crippen LogP contribution in [0.15, 0.2) is 30.3 Å². The molecular formula is C10H16ClN. The molecule has 0 amide bonds. The summed E-state index contributed by atoms with van der Waals surface area (Å²) >= 11 is 0. The fraction of sp³-hybridized carbons (Fsp3) is 0.400. The zero-order chi connectivity index (χ0) is 8.10. The summed E-state index contributed by atoms with van der Waals surface area (Å²) in [6.07, 6.45) is 1.11. The molecular weight excluding hydrogens is 170 g/mol. The molecule has 0 heterocycles. The molecule has 1 rings (SSSR count). The zero-order valence-electron chi connectivity index (χ0n) is 7.58. The molecule has 0 fully saturated rings. The van der Waals surface area contributed by atoms with Crippen molar-refractivity contribution in [1.29, 1.82) is 0 Å². The maximum Gasteiger partial charge on any atom is 0.00761 e. The van der Waals surface area contributed by atoms with Crippen LogP contribution in [0.1, 0.15) is 12.5 Å². The number of hydrogen-bond donors (Lipinski definition) is 1. The van der Waals surface area contributed by atoms with E-state index in [0.717, 1.165) is 6.42 Å². The van der Waals surface area contributed by atoms with Gasteiger partial charge >= 0.3 is 0 Å². The van der Waals surface area contributed by atoms with E-state index in [-0.39, 0.29) is 12.4 Å². The standard InChI is InChI=1S/C10H15N.ClH/c1-9(11-2)8-10-6-4-3-5-7-10;/h3-7,9,11H,8H2,1-2H3;1H/t9-;/m0./s1. The lowest BCUT2D eigenvalue weighted by molar-refractivity contribution is 0.608. The van der Waals surface area contributed by atoms with Crippen molar-refractivity contribution in [2.24, 2.45) is 0 Å². The molecule has 0 saturated carbocycles. The summed E-state index contributed by atoms with van der Waals surface area (Å²) in [6.45, 7) is 2.19. The molecule has 1 aromatic rings. The fourth-order valence-corrected chi connectivity index (χ4v) is 1.07. The summed E-state index contributed by atoms with van der Waals surface area (Å²) in [5.74, 6) is 0. The molecule has 0 aromatic heterocycles. The quantitative estimate of drug-likeness (QED) is 0.762. The van der Waals surface area contributed by atoms with Crippen LogP contribution in [0.4, 0.5) is 0 Å². The molecule has 0 saturated heterocycles. The highest BCUT2D eigenvalue weighted by atomic mass is 35.5. The topological polar surface area (TPSA) is 12.0 Å². The Kier molecular flexibility index (Phi) is 5.77. The van der Waals surface area contributed by atoms with Crippen molar-refractivity contribution < 1.29 is 0 Å². The normalized spacial score (nSPS) is 11.8. The highest BCUT2D eigenvalue weighted by molar-refractivity contribution is 5.85. The van der Waals surface area contributed by atoms with E-state index in [1.165, 1.54) is 5.56 Å². The van der Waals surface area contributed by atoms with Gasteiger partial charge in [-0.2, -0.15) is 0 Å². The monoisotopic (exact) mass is 185 g/mol. The summed E-state index contributed by atoms with van der Waals surface area (Å²) in [4.78, 5) is 0. The third-order valence-electron chi connectivity index (χ3n) is 1.88. The summed E-state index contributed by atoms with van der Waals surface area (Å²) in [6, 6.07) is 11.1. The van der Waals surface area contributed by atoms with Gasteiger partial charge in [0.25, 0.3) is 0 Å². The molecule has 0 unspecified atom stereocenters. The van der Waals surface area contributed by atoms with E-state index in [0.29, 0.717) is 6.04 Å². The fourth-order valence-electron chi connectivity index (χ4n) is 1.07. The molecule has 0 aliphatic rings. The van der Waals surface area contributed by atoms with Crippen LogP contribution in [0.3, 0.4) is 0 Å². The number of hydrogen-bond acceptors (Lipinski definition) is 1. The molecule has 12 heavy (non-hydrogen) atoms. The molecule has 2 heteroatoms. The Morgan fingerprint density at radius 2 is 1.83 bits per heavy atom. The Morgan fingerprint density at radius 1 is 1.25 bits per heavy atom. The van der Waals surface area contributed by atoms with Gasteiger partial charge in [-0.25, -0.2) is 0 Å². The third kappa shape index (κ3) is 3.74. The molecule has 0 aliphatic heterocycles. The minimum Gasteiger partial charge on any atom is -0.317 e. The zero-order valence-corrected chi connectivity index (χ0v) is 8.40. The van der Waals surface area contributed by atoms with Crippen LogP contribution in [0.25, 0.3) is 0 Å². The van der Waals surface area contributed by atoms with Gasteiger partial charge in [-0.3, -0.25) is 0 Å². The van der Waals surface area contributed by atoms with Crippen LogP contribution in [0.5, 0.6) is 0 Å². The number of halogens is 1. The van der Waals surface area contributed by atoms with Gasteiger partial charge < -0.3 is 5.32 Å². The molecule has 1 atom stereocenters. The van der Waals surface area contributed by atoms with Gasteiger partial charge in [0.1, 0.15) is 0 Å². The number of likely N-dealkylation sites (N-methyl/N-ethyl adjacent to an activating group) is 1. The average molecular weight is 186 g/mol. The first-order valence-electron chi connectivity index (χ1n) is 4.04. The molecule has 0 aliphatic carbocycles. The van der Waals surface area contributed by atoms with Crippen LogP contribution in [-0.2, 0) is 6.42 Å². The molecule has 1 aromatic carbocycles. The minimum absolute atomic E-state index is 0.